The SMILES string of the molecule is CC(=O)c1ccc(S(=O)(=O)N2C[C@H](C(N)=O)Oc3ccccc32)cc1. The van der Waals surface area contributed by atoms with Gasteiger partial charge in [0, 0.05) is 5.56 Å². The summed E-state index contributed by atoms with van der Waals surface area (Å²) < 4.78 is 32.6. The molecule has 0 saturated carbocycles. The van der Waals surface area contributed by atoms with Gasteiger partial charge in [-0.3, -0.25) is 13.9 Å². The maximum atomic E-state index is 13.0. The number of nitrogens with two attached hydrogens (primary N) is 1. The molecule has 0 spiro atoms. The summed E-state index contributed by atoms with van der Waals surface area (Å²) in [5, 5.41) is 0. The lowest BCUT2D eigenvalue weighted by Gasteiger charge is -2.34. The van der Waals surface area contributed by atoms with Gasteiger partial charge >= 0.3 is 0 Å². The van der Waals surface area contributed by atoms with Gasteiger partial charge in [-0.25, -0.2) is 8.42 Å². The van der Waals surface area contributed by atoms with E-state index in [1.807, 2.05) is 0 Å². The van der Waals surface area contributed by atoms with Crippen LogP contribution in [0, 0.1) is 0 Å². The van der Waals surface area contributed by atoms with Gasteiger partial charge in [0.05, 0.1) is 17.1 Å². The number of fused-ring (bicyclic) bond motifs is 1. The van der Waals surface area contributed by atoms with Gasteiger partial charge in [0.1, 0.15) is 5.75 Å². The number of nitrogens with zero attached hydrogens (tertiary/aromatic N) is 1. The molecule has 0 aromatic heterocycles. The summed E-state index contributed by atoms with van der Waals surface area (Å²) >= 11 is 0. The predicted octanol–water partition coefficient (Wildman–Crippen LogP) is 1.33. The van der Waals surface area contributed by atoms with Gasteiger partial charge < -0.3 is 10.5 Å². The van der Waals surface area contributed by atoms with Gasteiger partial charge in [-0.1, -0.05) is 24.3 Å². The van der Waals surface area contributed by atoms with Gasteiger partial charge in [-0.15, -0.1) is 0 Å². The molecule has 0 fully saturated rings. The second-order valence-corrected chi connectivity index (χ2v) is 7.46. The number of hydrogen-bond donors (Lipinski definition) is 1. The Bertz CT molecular complexity index is 938. The zero-order chi connectivity index (χ0) is 18.2. The van der Waals surface area contributed by atoms with Gasteiger partial charge in [0.25, 0.3) is 15.9 Å². The molecule has 1 aliphatic heterocycles. The Kier molecular flexibility index (Phi) is 4.22. The van der Waals surface area contributed by atoms with Crippen LogP contribution < -0.4 is 14.8 Å². The van der Waals surface area contributed by atoms with Crippen LogP contribution in [0.4, 0.5) is 5.69 Å². The number of amides is 1. The van der Waals surface area contributed by atoms with Crippen molar-refractivity contribution in [3.63, 3.8) is 0 Å². The molecule has 0 unspecified atom stereocenters. The monoisotopic (exact) mass is 360 g/mol. The summed E-state index contributed by atoms with van der Waals surface area (Å²) in [6.07, 6.45) is -1.08. The minimum Gasteiger partial charge on any atom is -0.476 e. The molecule has 8 heteroatoms. The number of benzene rings is 2. The van der Waals surface area contributed by atoms with Crippen molar-refractivity contribution in [2.75, 3.05) is 10.8 Å². The minimum atomic E-state index is -3.95. The van der Waals surface area contributed by atoms with E-state index >= 15 is 0 Å². The second-order valence-electron chi connectivity index (χ2n) is 5.59. The van der Waals surface area contributed by atoms with E-state index in [1.54, 1.807) is 24.3 Å². The smallest absolute Gasteiger partial charge is 0.264 e. The molecule has 25 heavy (non-hydrogen) atoms. The largest absolute Gasteiger partial charge is 0.476 e. The average molecular weight is 360 g/mol. The van der Waals surface area contributed by atoms with Crippen LogP contribution in [-0.4, -0.2) is 32.8 Å². The van der Waals surface area contributed by atoms with E-state index in [0.29, 0.717) is 11.3 Å². The van der Waals surface area contributed by atoms with E-state index in [9.17, 15) is 18.0 Å². The van der Waals surface area contributed by atoms with Crippen LogP contribution in [-0.2, 0) is 14.8 Å². The van der Waals surface area contributed by atoms with E-state index in [0.717, 1.165) is 4.31 Å². The van der Waals surface area contributed by atoms with E-state index in [2.05, 4.69) is 0 Å². The molecule has 130 valence electrons. The topological polar surface area (TPSA) is 107 Å². The minimum absolute atomic E-state index is 0.0115. The van der Waals surface area contributed by atoms with Crippen LogP contribution in [0.3, 0.4) is 0 Å². The first-order chi connectivity index (χ1) is 11.8. The molecule has 1 heterocycles. The third-order valence-electron chi connectivity index (χ3n) is 3.90. The number of ketones is 1. The summed E-state index contributed by atoms with van der Waals surface area (Å²) in [5.74, 6) is -0.641. The third-order valence-corrected chi connectivity index (χ3v) is 5.69. The highest BCUT2D eigenvalue weighted by Gasteiger charge is 2.36. The van der Waals surface area contributed by atoms with Crippen molar-refractivity contribution in [1.29, 1.82) is 0 Å². The third kappa shape index (κ3) is 3.08. The highest BCUT2D eigenvalue weighted by atomic mass is 32.2. The molecule has 3 rings (SSSR count). The maximum absolute atomic E-state index is 13.0. The number of carbonyl (C=O) groups is 2. The lowest BCUT2D eigenvalue weighted by atomic mass is 10.2. The number of sulfonamides is 1. The molecule has 2 N–H and O–H groups in total. The molecule has 2 aromatic rings. The quantitative estimate of drug-likeness (QED) is 0.828. The Balaban J connectivity index is 2.06. The Morgan fingerprint density at radius 2 is 1.76 bits per heavy atom. The number of Topliss-reactive ketones (excluding diaryl/α,β-unsaturated/α-hetero) is 1. The Hall–Kier alpha value is -2.87. The molecular formula is C17H16N2O5S. The lowest BCUT2D eigenvalue weighted by molar-refractivity contribution is -0.124. The van der Waals surface area contributed by atoms with E-state index in [1.165, 1.54) is 31.2 Å². The Morgan fingerprint density at radius 1 is 1.12 bits per heavy atom. The van der Waals surface area contributed by atoms with Crippen LogP contribution in [0.15, 0.2) is 53.4 Å². The molecular weight excluding hydrogens is 344 g/mol. The molecule has 7 nitrogen and oxygen atoms in total. The van der Waals surface area contributed by atoms with Gasteiger partial charge in [-0.2, -0.15) is 0 Å². The van der Waals surface area contributed by atoms with Crippen LogP contribution in [0.1, 0.15) is 17.3 Å². The second kappa shape index (κ2) is 6.21. The standard InChI is InChI=1S/C17H16N2O5S/c1-11(20)12-6-8-13(9-7-12)25(22,23)19-10-16(17(18)21)24-15-5-3-2-4-14(15)19/h2-9,16H,10H2,1H3,(H2,18,21)/t16-/m1/s1. The number of rotatable bonds is 4. The molecule has 0 radical (unpaired) electrons. The fraction of sp³-hybridized carbons (Fsp3) is 0.176. The fourth-order valence-corrected chi connectivity index (χ4v) is 4.04. The van der Waals surface area contributed by atoms with E-state index in [-0.39, 0.29) is 23.0 Å². The Labute approximate surface area is 145 Å². The number of hydrogen-bond acceptors (Lipinski definition) is 5. The van der Waals surface area contributed by atoms with Crippen molar-refractivity contribution in [3.05, 3.63) is 54.1 Å². The van der Waals surface area contributed by atoms with Crippen molar-refractivity contribution < 1.29 is 22.7 Å². The molecule has 1 atom stereocenters. The normalized spacial score (nSPS) is 16.7. The number of anilines is 1. The highest BCUT2D eigenvalue weighted by Crippen LogP contribution is 2.36. The predicted molar refractivity (Wildman–Crippen MR) is 91.0 cm³/mol. The van der Waals surface area contributed by atoms with Crippen LogP contribution >= 0.6 is 0 Å². The lowest BCUT2D eigenvalue weighted by Crippen LogP contribution is -2.49. The molecule has 0 saturated heterocycles. The zero-order valence-electron chi connectivity index (χ0n) is 13.4. The zero-order valence-corrected chi connectivity index (χ0v) is 14.2. The first-order valence-corrected chi connectivity index (χ1v) is 8.93. The molecule has 1 amide bonds. The first-order valence-electron chi connectivity index (χ1n) is 7.49. The summed E-state index contributed by atoms with van der Waals surface area (Å²) in [7, 11) is -3.95. The first kappa shape index (κ1) is 17.0. The van der Waals surface area contributed by atoms with Gasteiger partial charge in [0.2, 0.25) is 0 Å². The average Bonchev–Trinajstić information content (AvgIpc) is 2.60. The van der Waals surface area contributed by atoms with Gasteiger partial charge in [-0.05, 0) is 31.2 Å². The number of carbonyl (C=O) groups excluding carboxylic acids is 2. The fourth-order valence-electron chi connectivity index (χ4n) is 2.57. The van der Waals surface area contributed by atoms with Crippen molar-refractivity contribution in [1.82, 2.24) is 0 Å². The van der Waals surface area contributed by atoms with Gasteiger partial charge in [0.15, 0.2) is 11.9 Å². The van der Waals surface area contributed by atoms with Crippen LogP contribution in [0.2, 0.25) is 0 Å². The number of para-hydroxylation sites is 2. The van der Waals surface area contributed by atoms with Crippen molar-refractivity contribution in [3.8, 4) is 5.75 Å². The highest BCUT2D eigenvalue weighted by molar-refractivity contribution is 7.92. The van der Waals surface area contributed by atoms with Crippen molar-refractivity contribution >= 4 is 27.4 Å². The van der Waals surface area contributed by atoms with Crippen LogP contribution in [0.25, 0.3) is 0 Å². The number of ether oxygens (including phenoxy) is 1. The summed E-state index contributed by atoms with van der Waals surface area (Å²) in [4.78, 5) is 22.9. The summed E-state index contributed by atoms with van der Waals surface area (Å²) in [6.45, 7) is 1.18. The van der Waals surface area contributed by atoms with Crippen molar-refractivity contribution in [2.24, 2.45) is 5.73 Å². The molecule has 2 aromatic carbocycles. The maximum Gasteiger partial charge on any atom is 0.264 e. The Morgan fingerprint density at radius 3 is 2.36 bits per heavy atom. The molecule has 0 aliphatic carbocycles. The summed E-state index contributed by atoms with van der Waals surface area (Å²) in [6, 6.07) is 12.1. The molecule has 1 aliphatic rings. The number of primary amides is 1. The summed E-state index contributed by atoms with van der Waals surface area (Å²) in [5.41, 5.74) is 6.04. The van der Waals surface area contributed by atoms with E-state index < -0.39 is 22.0 Å². The van der Waals surface area contributed by atoms with Crippen LogP contribution in [0.5, 0.6) is 5.75 Å². The van der Waals surface area contributed by atoms with E-state index in [4.69, 9.17) is 10.5 Å². The molecule has 0 bridgehead atoms. The van der Waals surface area contributed by atoms with Crippen molar-refractivity contribution in [2.45, 2.75) is 17.9 Å².